The monoisotopic (exact) mass is 360 g/mol. The standard InChI is InChI=1S/C21H20N4O2/c1-21-19-16(15-4-2-3-5-17(15)23-19)8-11-25(21)18(26)13-24(20(21)27)12-14-6-9-22-10-7-14/h2-7,9-10,23H,8,11-13H2,1H3/t21-/m0/s1. The van der Waals surface area contributed by atoms with Gasteiger partial charge in [-0.25, -0.2) is 0 Å². The van der Waals surface area contributed by atoms with E-state index in [1.165, 1.54) is 0 Å². The van der Waals surface area contributed by atoms with E-state index in [-0.39, 0.29) is 18.4 Å². The summed E-state index contributed by atoms with van der Waals surface area (Å²) in [4.78, 5) is 37.3. The van der Waals surface area contributed by atoms with Gasteiger partial charge in [-0.3, -0.25) is 14.6 Å². The van der Waals surface area contributed by atoms with Gasteiger partial charge in [0.2, 0.25) is 5.91 Å². The van der Waals surface area contributed by atoms with Crippen LogP contribution >= 0.6 is 0 Å². The second-order valence-electron chi connectivity index (χ2n) is 7.41. The number of para-hydroxylation sites is 1. The number of benzene rings is 1. The summed E-state index contributed by atoms with van der Waals surface area (Å²) in [7, 11) is 0. The quantitative estimate of drug-likeness (QED) is 0.762. The third kappa shape index (κ3) is 2.22. The molecular formula is C21H20N4O2. The van der Waals surface area contributed by atoms with Crippen molar-refractivity contribution >= 4 is 22.7 Å². The molecule has 0 aliphatic carbocycles. The van der Waals surface area contributed by atoms with Crippen molar-refractivity contribution in [3.05, 3.63) is 65.6 Å². The number of amides is 2. The molecule has 2 aliphatic heterocycles. The van der Waals surface area contributed by atoms with Gasteiger partial charge in [0.1, 0.15) is 6.54 Å². The van der Waals surface area contributed by atoms with Gasteiger partial charge in [-0.1, -0.05) is 18.2 Å². The van der Waals surface area contributed by atoms with E-state index in [9.17, 15) is 9.59 Å². The molecule has 0 radical (unpaired) electrons. The number of hydrogen-bond donors (Lipinski definition) is 1. The second-order valence-corrected chi connectivity index (χ2v) is 7.41. The number of nitrogens with one attached hydrogen (secondary N) is 1. The summed E-state index contributed by atoms with van der Waals surface area (Å²) in [5.41, 5.74) is 2.99. The molecule has 1 aromatic carbocycles. The number of rotatable bonds is 2. The maximum Gasteiger partial charge on any atom is 0.255 e. The molecule has 2 aromatic heterocycles. The van der Waals surface area contributed by atoms with Crippen molar-refractivity contribution in [3.8, 4) is 0 Å². The Bertz CT molecular complexity index is 1060. The lowest BCUT2D eigenvalue weighted by Gasteiger charge is -2.49. The largest absolute Gasteiger partial charge is 0.356 e. The Labute approximate surface area is 156 Å². The first-order valence-electron chi connectivity index (χ1n) is 9.18. The summed E-state index contributed by atoms with van der Waals surface area (Å²) in [5, 5.41) is 1.14. The average Bonchev–Trinajstić information content (AvgIpc) is 3.07. The molecule has 1 atom stereocenters. The van der Waals surface area contributed by atoms with Gasteiger partial charge >= 0.3 is 0 Å². The lowest BCUT2D eigenvalue weighted by Crippen LogP contribution is -2.66. The zero-order valence-corrected chi connectivity index (χ0v) is 15.1. The van der Waals surface area contributed by atoms with Crippen LogP contribution in [0.5, 0.6) is 0 Å². The average molecular weight is 360 g/mol. The van der Waals surface area contributed by atoms with Crippen LogP contribution in [0.4, 0.5) is 0 Å². The van der Waals surface area contributed by atoms with Gasteiger partial charge in [0, 0.05) is 36.4 Å². The van der Waals surface area contributed by atoms with E-state index < -0.39 is 5.54 Å². The highest BCUT2D eigenvalue weighted by atomic mass is 16.2. The first-order valence-corrected chi connectivity index (χ1v) is 9.18. The van der Waals surface area contributed by atoms with Crippen LogP contribution in [-0.4, -0.2) is 44.7 Å². The predicted octanol–water partition coefficient (Wildman–Crippen LogP) is 2.21. The van der Waals surface area contributed by atoms with E-state index in [2.05, 4.69) is 16.0 Å². The van der Waals surface area contributed by atoms with Crippen molar-refractivity contribution in [2.24, 2.45) is 0 Å². The minimum absolute atomic E-state index is 0.00420. The minimum atomic E-state index is -0.991. The van der Waals surface area contributed by atoms with Gasteiger partial charge in [0.25, 0.3) is 5.91 Å². The molecule has 0 bridgehead atoms. The van der Waals surface area contributed by atoms with Gasteiger partial charge in [-0.05, 0) is 42.7 Å². The summed E-state index contributed by atoms with van der Waals surface area (Å²) in [6, 6.07) is 11.8. The normalized spacial score (nSPS) is 22.1. The first kappa shape index (κ1) is 16.1. The molecule has 5 rings (SSSR count). The third-order valence-electron chi connectivity index (χ3n) is 5.88. The zero-order valence-electron chi connectivity index (χ0n) is 15.1. The Morgan fingerprint density at radius 1 is 1.15 bits per heavy atom. The van der Waals surface area contributed by atoms with Gasteiger partial charge < -0.3 is 14.8 Å². The van der Waals surface area contributed by atoms with Crippen LogP contribution in [0.1, 0.15) is 23.7 Å². The maximum absolute atomic E-state index is 13.6. The lowest BCUT2D eigenvalue weighted by atomic mass is 9.83. The number of hydrogen-bond acceptors (Lipinski definition) is 3. The number of piperazine rings is 1. The Morgan fingerprint density at radius 3 is 2.74 bits per heavy atom. The fourth-order valence-corrected chi connectivity index (χ4v) is 4.52. The molecule has 2 aliphatic rings. The maximum atomic E-state index is 13.6. The SMILES string of the molecule is C[C@]12C(=O)N(Cc3ccncc3)CC(=O)N1CCc1c2[nH]c2ccccc12. The minimum Gasteiger partial charge on any atom is -0.356 e. The fourth-order valence-electron chi connectivity index (χ4n) is 4.52. The summed E-state index contributed by atoms with van der Waals surface area (Å²) < 4.78 is 0. The molecule has 2 amide bonds. The van der Waals surface area contributed by atoms with Crippen LogP contribution in [0.2, 0.25) is 0 Å². The van der Waals surface area contributed by atoms with E-state index in [1.54, 1.807) is 22.2 Å². The Kier molecular flexibility index (Phi) is 3.37. The number of pyridine rings is 1. The van der Waals surface area contributed by atoms with Gasteiger partial charge in [-0.15, -0.1) is 0 Å². The third-order valence-corrected chi connectivity index (χ3v) is 5.88. The summed E-state index contributed by atoms with van der Waals surface area (Å²) in [6.07, 6.45) is 4.17. The van der Waals surface area contributed by atoms with E-state index >= 15 is 0 Å². The number of carbonyl (C=O) groups is 2. The van der Waals surface area contributed by atoms with E-state index in [1.807, 2.05) is 37.3 Å². The van der Waals surface area contributed by atoms with Crippen molar-refractivity contribution in [1.29, 1.82) is 0 Å². The van der Waals surface area contributed by atoms with Crippen LogP contribution in [-0.2, 0) is 28.1 Å². The highest BCUT2D eigenvalue weighted by Gasteiger charge is 2.53. The Morgan fingerprint density at radius 2 is 1.93 bits per heavy atom. The molecule has 6 heteroatoms. The van der Waals surface area contributed by atoms with Gasteiger partial charge in [-0.2, -0.15) is 0 Å². The molecule has 136 valence electrons. The smallest absolute Gasteiger partial charge is 0.255 e. The molecule has 27 heavy (non-hydrogen) atoms. The molecule has 6 nitrogen and oxygen atoms in total. The topological polar surface area (TPSA) is 69.3 Å². The van der Waals surface area contributed by atoms with Crippen LogP contribution in [0.15, 0.2) is 48.8 Å². The van der Waals surface area contributed by atoms with Crippen LogP contribution in [0, 0.1) is 0 Å². The highest BCUT2D eigenvalue weighted by molar-refractivity contribution is 6.00. The van der Waals surface area contributed by atoms with Crippen LogP contribution in [0.25, 0.3) is 10.9 Å². The highest BCUT2D eigenvalue weighted by Crippen LogP contribution is 2.42. The van der Waals surface area contributed by atoms with Crippen LogP contribution < -0.4 is 0 Å². The summed E-state index contributed by atoms with van der Waals surface area (Å²) in [5.74, 6) is -0.0399. The number of carbonyl (C=O) groups excluding carboxylic acids is 2. The number of fused-ring (bicyclic) bond motifs is 5. The van der Waals surface area contributed by atoms with Crippen molar-refractivity contribution in [2.75, 3.05) is 13.1 Å². The Balaban J connectivity index is 1.61. The first-order chi connectivity index (χ1) is 13.1. The van der Waals surface area contributed by atoms with Gasteiger partial charge in [0.15, 0.2) is 5.54 Å². The molecular weight excluding hydrogens is 340 g/mol. The zero-order chi connectivity index (χ0) is 18.6. The number of H-pyrrole nitrogens is 1. The molecule has 0 spiro atoms. The fraction of sp³-hybridized carbons (Fsp3) is 0.286. The summed E-state index contributed by atoms with van der Waals surface area (Å²) >= 11 is 0. The molecule has 1 fully saturated rings. The lowest BCUT2D eigenvalue weighted by molar-refractivity contribution is -0.166. The molecule has 1 N–H and O–H groups in total. The number of nitrogens with zero attached hydrogens (tertiary/aromatic N) is 3. The Hall–Kier alpha value is -3.15. The van der Waals surface area contributed by atoms with E-state index in [0.29, 0.717) is 13.1 Å². The predicted molar refractivity (Wildman–Crippen MR) is 101 cm³/mol. The van der Waals surface area contributed by atoms with Gasteiger partial charge in [0.05, 0.1) is 5.69 Å². The van der Waals surface area contributed by atoms with Crippen molar-refractivity contribution < 1.29 is 9.59 Å². The molecule has 4 heterocycles. The van der Waals surface area contributed by atoms with E-state index in [4.69, 9.17) is 0 Å². The summed E-state index contributed by atoms with van der Waals surface area (Å²) in [6.45, 7) is 2.97. The second kappa shape index (κ2) is 5.67. The molecule has 0 unspecified atom stereocenters. The van der Waals surface area contributed by atoms with Crippen molar-refractivity contribution in [1.82, 2.24) is 19.8 Å². The van der Waals surface area contributed by atoms with E-state index in [0.717, 1.165) is 34.1 Å². The number of aromatic nitrogens is 2. The van der Waals surface area contributed by atoms with Crippen LogP contribution in [0.3, 0.4) is 0 Å². The molecule has 1 saturated heterocycles. The molecule has 3 aromatic rings. The molecule has 0 saturated carbocycles. The van der Waals surface area contributed by atoms with Crippen molar-refractivity contribution in [3.63, 3.8) is 0 Å². The van der Waals surface area contributed by atoms with Crippen molar-refractivity contribution in [2.45, 2.75) is 25.4 Å². The number of aromatic amines is 1.